The minimum atomic E-state index is -0.361. The predicted molar refractivity (Wildman–Crippen MR) is 116 cm³/mol. The molecule has 30 heavy (non-hydrogen) atoms. The summed E-state index contributed by atoms with van der Waals surface area (Å²) in [6, 6.07) is 9.89. The Morgan fingerprint density at radius 3 is 2.73 bits per heavy atom. The van der Waals surface area contributed by atoms with Gasteiger partial charge in [-0.15, -0.1) is 11.6 Å². The maximum atomic E-state index is 12.7. The number of hydrogen-bond acceptors (Lipinski definition) is 6. The Bertz CT molecular complexity index is 1000. The van der Waals surface area contributed by atoms with E-state index in [2.05, 4.69) is 15.0 Å². The van der Waals surface area contributed by atoms with Crippen LogP contribution >= 0.6 is 11.6 Å². The van der Waals surface area contributed by atoms with Gasteiger partial charge in [0.2, 0.25) is 0 Å². The summed E-state index contributed by atoms with van der Waals surface area (Å²) in [5.41, 5.74) is 2.99. The van der Waals surface area contributed by atoms with Gasteiger partial charge in [0.05, 0.1) is 49.0 Å². The van der Waals surface area contributed by atoms with E-state index in [1.165, 1.54) is 0 Å². The van der Waals surface area contributed by atoms with Gasteiger partial charge in [0, 0.05) is 19.3 Å². The molecule has 0 bridgehead atoms. The van der Waals surface area contributed by atoms with E-state index in [9.17, 15) is 4.79 Å². The number of fused-ring (bicyclic) bond motifs is 1. The highest BCUT2D eigenvalue weighted by Crippen LogP contribution is 2.32. The number of anilines is 1. The zero-order valence-electron chi connectivity index (χ0n) is 17.0. The molecule has 1 saturated heterocycles. The van der Waals surface area contributed by atoms with Gasteiger partial charge in [-0.2, -0.15) is 5.10 Å². The Morgan fingerprint density at radius 1 is 1.23 bits per heavy atom. The van der Waals surface area contributed by atoms with Crippen molar-refractivity contribution in [2.75, 3.05) is 37.8 Å². The number of esters is 1. The molecular formula is C22H25ClN4O3. The standard InChI is InChI=1S/C22H25ClN4O3/c1-2-10-30-22(28)18-13-24-21-17(20(18)26-8-11-29-12-9-26)14-25-27(21)15-19(23)16-6-4-3-5-7-16/h3-7,13-14,19H,2,8-12,15H2,1H3. The zero-order chi connectivity index (χ0) is 20.9. The highest BCUT2D eigenvalue weighted by atomic mass is 35.5. The van der Waals surface area contributed by atoms with Crippen LogP contribution in [-0.4, -0.2) is 53.6 Å². The Kier molecular flexibility index (Phi) is 6.50. The van der Waals surface area contributed by atoms with Gasteiger partial charge in [0.25, 0.3) is 0 Å². The van der Waals surface area contributed by atoms with Gasteiger partial charge in [0.15, 0.2) is 5.65 Å². The molecule has 1 aromatic carbocycles. The maximum Gasteiger partial charge on any atom is 0.341 e. The number of morpholine rings is 1. The molecule has 2 aromatic heterocycles. The topological polar surface area (TPSA) is 69.5 Å². The molecule has 0 radical (unpaired) electrons. The van der Waals surface area contributed by atoms with Gasteiger partial charge in [0.1, 0.15) is 5.56 Å². The number of carbonyl (C=O) groups is 1. The van der Waals surface area contributed by atoms with Crippen LogP contribution in [-0.2, 0) is 16.0 Å². The number of hydrogen-bond donors (Lipinski definition) is 0. The summed E-state index contributed by atoms with van der Waals surface area (Å²) in [4.78, 5) is 19.4. The number of carbonyl (C=O) groups excluding carboxylic acids is 1. The van der Waals surface area contributed by atoms with E-state index < -0.39 is 0 Å². The zero-order valence-corrected chi connectivity index (χ0v) is 17.7. The smallest absolute Gasteiger partial charge is 0.341 e. The minimum absolute atomic E-state index is 0.239. The Balaban J connectivity index is 1.71. The average molecular weight is 429 g/mol. The molecule has 3 aromatic rings. The maximum absolute atomic E-state index is 12.7. The van der Waals surface area contributed by atoms with Crippen LogP contribution in [0.2, 0.25) is 0 Å². The molecule has 3 heterocycles. The summed E-state index contributed by atoms with van der Waals surface area (Å²) in [5, 5.41) is 5.12. The van der Waals surface area contributed by atoms with Crippen molar-refractivity contribution in [2.45, 2.75) is 25.3 Å². The van der Waals surface area contributed by atoms with Gasteiger partial charge < -0.3 is 14.4 Å². The third kappa shape index (κ3) is 4.27. The normalized spacial score (nSPS) is 15.3. The van der Waals surface area contributed by atoms with Crippen molar-refractivity contribution in [2.24, 2.45) is 0 Å². The largest absolute Gasteiger partial charge is 0.462 e. The van der Waals surface area contributed by atoms with Crippen molar-refractivity contribution in [3.05, 3.63) is 53.9 Å². The fourth-order valence-corrected chi connectivity index (χ4v) is 3.89. The molecule has 4 rings (SSSR count). The molecule has 1 unspecified atom stereocenters. The number of ether oxygens (including phenoxy) is 2. The summed E-state index contributed by atoms with van der Waals surface area (Å²) in [6.45, 7) is 5.43. The van der Waals surface area contributed by atoms with Crippen LogP contribution in [0.5, 0.6) is 0 Å². The first-order valence-electron chi connectivity index (χ1n) is 10.2. The van der Waals surface area contributed by atoms with E-state index in [0.29, 0.717) is 50.7 Å². The molecular weight excluding hydrogens is 404 g/mol. The minimum Gasteiger partial charge on any atom is -0.462 e. The first kappa shape index (κ1) is 20.6. The van der Waals surface area contributed by atoms with Crippen LogP contribution in [0.25, 0.3) is 11.0 Å². The molecule has 0 saturated carbocycles. The second kappa shape index (κ2) is 9.45. The number of halogens is 1. The molecule has 0 aliphatic carbocycles. The monoisotopic (exact) mass is 428 g/mol. The first-order valence-corrected chi connectivity index (χ1v) is 10.7. The van der Waals surface area contributed by atoms with Gasteiger partial charge >= 0.3 is 5.97 Å². The van der Waals surface area contributed by atoms with Crippen molar-refractivity contribution < 1.29 is 14.3 Å². The SMILES string of the molecule is CCCOC(=O)c1cnc2c(cnn2CC(Cl)c2ccccc2)c1N1CCOCC1. The van der Waals surface area contributed by atoms with Crippen molar-refractivity contribution in [3.63, 3.8) is 0 Å². The highest BCUT2D eigenvalue weighted by Gasteiger charge is 2.25. The lowest BCUT2D eigenvalue weighted by molar-refractivity contribution is 0.0504. The lowest BCUT2D eigenvalue weighted by Gasteiger charge is -2.30. The number of alkyl halides is 1. The Hall–Kier alpha value is -2.64. The molecule has 1 atom stereocenters. The third-order valence-electron chi connectivity index (χ3n) is 5.12. The van der Waals surface area contributed by atoms with Crippen LogP contribution in [0, 0.1) is 0 Å². The van der Waals surface area contributed by atoms with E-state index in [0.717, 1.165) is 23.1 Å². The van der Waals surface area contributed by atoms with Gasteiger partial charge in [-0.1, -0.05) is 37.3 Å². The molecule has 1 aliphatic rings. The molecule has 0 amide bonds. The average Bonchev–Trinajstić information content (AvgIpc) is 3.20. The second-order valence-electron chi connectivity index (χ2n) is 7.20. The fourth-order valence-electron chi connectivity index (χ4n) is 3.62. The van der Waals surface area contributed by atoms with Crippen molar-refractivity contribution in [3.8, 4) is 0 Å². The molecule has 7 nitrogen and oxygen atoms in total. The summed E-state index contributed by atoms with van der Waals surface area (Å²) in [6.07, 6.45) is 4.12. The van der Waals surface area contributed by atoms with Gasteiger partial charge in [-0.25, -0.2) is 14.5 Å². The summed E-state index contributed by atoms with van der Waals surface area (Å²) >= 11 is 6.64. The molecule has 0 N–H and O–H groups in total. The second-order valence-corrected chi connectivity index (χ2v) is 7.72. The Labute approximate surface area is 180 Å². The number of nitrogens with zero attached hydrogens (tertiary/aromatic N) is 4. The van der Waals surface area contributed by atoms with Gasteiger partial charge in [-0.05, 0) is 12.0 Å². The lowest BCUT2D eigenvalue weighted by Crippen LogP contribution is -2.37. The van der Waals surface area contributed by atoms with Crippen LogP contribution in [0.15, 0.2) is 42.7 Å². The lowest BCUT2D eigenvalue weighted by atomic mass is 10.1. The summed E-state index contributed by atoms with van der Waals surface area (Å²) < 4.78 is 12.7. The van der Waals surface area contributed by atoms with E-state index >= 15 is 0 Å². The number of rotatable bonds is 7. The molecule has 1 aliphatic heterocycles. The van der Waals surface area contributed by atoms with Crippen LogP contribution < -0.4 is 4.90 Å². The van der Waals surface area contributed by atoms with Crippen molar-refractivity contribution in [1.82, 2.24) is 14.8 Å². The van der Waals surface area contributed by atoms with E-state index in [1.54, 1.807) is 17.1 Å². The first-order chi connectivity index (χ1) is 14.7. The molecule has 8 heteroatoms. The fraction of sp³-hybridized carbons (Fsp3) is 0.409. The quantitative estimate of drug-likeness (QED) is 0.421. The number of aromatic nitrogens is 3. The van der Waals surface area contributed by atoms with E-state index in [4.69, 9.17) is 21.1 Å². The molecule has 0 spiro atoms. The predicted octanol–water partition coefficient (Wildman–Crippen LogP) is 3.81. The van der Waals surface area contributed by atoms with Crippen LogP contribution in [0.3, 0.4) is 0 Å². The number of pyridine rings is 1. The van der Waals surface area contributed by atoms with Crippen LogP contribution in [0.4, 0.5) is 5.69 Å². The summed E-state index contributed by atoms with van der Waals surface area (Å²) in [5.74, 6) is -0.361. The number of benzene rings is 1. The highest BCUT2D eigenvalue weighted by molar-refractivity contribution is 6.20. The van der Waals surface area contributed by atoms with Gasteiger partial charge in [-0.3, -0.25) is 0 Å². The van der Waals surface area contributed by atoms with Crippen molar-refractivity contribution >= 4 is 34.3 Å². The molecule has 1 fully saturated rings. The third-order valence-corrected chi connectivity index (χ3v) is 5.51. The summed E-state index contributed by atoms with van der Waals surface area (Å²) in [7, 11) is 0. The molecule has 158 valence electrons. The van der Waals surface area contributed by atoms with E-state index in [-0.39, 0.29) is 11.3 Å². The Morgan fingerprint density at radius 2 is 2.00 bits per heavy atom. The van der Waals surface area contributed by atoms with E-state index in [1.807, 2.05) is 37.3 Å². The van der Waals surface area contributed by atoms with Crippen LogP contribution in [0.1, 0.15) is 34.6 Å². The van der Waals surface area contributed by atoms with Crippen molar-refractivity contribution in [1.29, 1.82) is 0 Å².